The second-order valence-electron chi connectivity index (χ2n) is 7.46. The van der Waals surface area contributed by atoms with Crippen molar-refractivity contribution in [2.45, 2.75) is 32.0 Å². The molecule has 13 nitrogen and oxygen atoms in total. The van der Waals surface area contributed by atoms with Gasteiger partial charge in [-0.3, -0.25) is 9.59 Å². The highest BCUT2D eigenvalue weighted by Gasteiger charge is 2.21. The molecule has 2 heterocycles. The van der Waals surface area contributed by atoms with Crippen LogP contribution in [0.3, 0.4) is 0 Å². The number of nitrogens with one attached hydrogen (secondary N) is 4. The van der Waals surface area contributed by atoms with E-state index in [1.165, 1.54) is 0 Å². The van der Waals surface area contributed by atoms with Gasteiger partial charge in [-0.1, -0.05) is 0 Å². The molecular formula is C21H27N9O4. The van der Waals surface area contributed by atoms with Crippen molar-refractivity contribution in [1.29, 1.82) is 0 Å². The molecular weight excluding hydrogens is 442 g/mol. The third-order valence-corrected chi connectivity index (χ3v) is 4.89. The topological polar surface area (TPSA) is 210 Å². The van der Waals surface area contributed by atoms with Crippen molar-refractivity contribution in [3.8, 4) is 0 Å². The summed E-state index contributed by atoms with van der Waals surface area (Å²) in [6, 6.07) is 5.35. The molecule has 0 aliphatic carbocycles. The minimum absolute atomic E-state index is 0.0354. The van der Waals surface area contributed by atoms with E-state index >= 15 is 0 Å². The molecule has 3 rings (SSSR count). The zero-order valence-corrected chi connectivity index (χ0v) is 18.4. The Morgan fingerprint density at radius 3 is 2.68 bits per heavy atom. The van der Waals surface area contributed by atoms with Gasteiger partial charge in [-0.2, -0.15) is 0 Å². The lowest BCUT2D eigenvalue weighted by atomic mass is 10.1. The van der Waals surface area contributed by atoms with Gasteiger partial charge in [0.2, 0.25) is 5.91 Å². The second kappa shape index (κ2) is 11.6. The number of carbonyl (C=O) groups is 3. The minimum Gasteiger partial charge on any atom is -0.480 e. The van der Waals surface area contributed by atoms with Gasteiger partial charge in [-0.15, -0.1) is 0 Å². The Labute approximate surface area is 195 Å². The molecule has 1 atom stereocenters. The molecule has 1 aliphatic rings. The van der Waals surface area contributed by atoms with E-state index in [9.17, 15) is 19.5 Å². The van der Waals surface area contributed by atoms with Crippen LogP contribution in [0.5, 0.6) is 0 Å². The fraction of sp³-hybridized carbons (Fsp3) is 0.333. The first-order valence-electron chi connectivity index (χ1n) is 10.6. The van der Waals surface area contributed by atoms with Crippen molar-refractivity contribution >= 4 is 35.2 Å². The van der Waals surface area contributed by atoms with Crippen LogP contribution in [0.2, 0.25) is 0 Å². The smallest absolute Gasteiger partial charge is 0.326 e. The molecule has 1 aromatic carbocycles. The molecule has 0 spiro atoms. The molecule has 1 aliphatic heterocycles. The fourth-order valence-corrected chi connectivity index (χ4v) is 3.10. The number of benzene rings is 1. The SMILES string of the molecule is NCCNC(=O)CCC(NC(=O)c1ccc(NCc2cnc3c(n2)CN=C(N)N3)cc1)C(=O)O. The van der Waals surface area contributed by atoms with Crippen LogP contribution in [-0.4, -0.2) is 57.9 Å². The van der Waals surface area contributed by atoms with Crippen LogP contribution in [0.4, 0.5) is 11.5 Å². The number of nitrogens with zero attached hydrogens (tertiary/aromatic N) is 3. The highest BCUT2D eigenvalue weighted by Crippen LogP contribution is 2.16. The molecule has 0 fully saturated rings. The Morgan fingerprint density at radius 1 is 1.21 bits per heavy atom. The number of carbonyl (C=O) groups excluding carboxylic acids is 2. The van der Waals surface area contributed by atoms with E-state index in [2.05, 4.69) is 36.2 Å². The quantitative estimate of drug-likeness (QED) is 0.221. The number of anilines is 2. The molecule has 0 saturated carbocycles. The number of amides is 2. The number of aromatic nitrogens is 2. The summed E-state index contributed by atoms with van der Waals surface area (Å²) in [5, 5.41) is 20.4. The van der Waals surface area contributed by atoms with Crippen LogP contribution in [0.25, 0.3) is 0 Å². The van der Waals surface area contributed by atoms with Gasteiger partial charge in [0.25, 0.3) is 5.91 Å². The van der Waals surface area contributed by atoms with E-state index in [0.717, 1.165) is 5.69 Å². The number of carboxylic acids is 1. The van der Waals surface area contributed by atoms with Gasteiger partial charge in [0.15, 0.2) is 11.8 Å². The largest absolute Gasteiger partial charge is 0.480 e. The van der Waals surface area contributed by atoms with Gasteiger partial charge < -0.3 is 37.8 Å². The van der Waals surface area contributed by atoms with Crippen molar-refractivity contribution in [3.63, 3.8) is 0 Å². The third kappa shape index (κ3) is 6.87. The number of carboxylic acid groups (broad SMARTS) is 1. The van der Waals surface area contributed by atoms with Crippen LogP contribution < -0.4 is 32.7 Å². The van der Waals surface area contributed by atoms with Crippen LogP contribution in [0.15, 0.2) is 35.5 Å². The second-order valence-corrected chi connectivity index (χ2v) is 7.46. The van der Waals surface area contributed by atoms with Crippen LogP contribution >= 0.6 is 0 Å². The van der Waals surface area contributed by atoms with Gasteiger partial charge in [-0.05, 0) is 30.7 Å². The maximum Gasteiger partial charge on any atom is 0.326 e. The van der Waals surface area contributed by atoms with Crippen molar-refractivity contribution in [2.24, 2.45) is 16.5 Å². The Bertz CT molecular complexity index is 1070. The summed E-state index contributed by atoms with van der Waals surface area (Å²) >= 11 is 0. The molecule has 0 saturated heterocycles. The maximum atomic E-state index is 12.5. The zero-order valence-electron chi connectivity index (χ0n) is 18.4. The fourth-order valence-electron chi connectivity index (χ4n) is 3.10. The number of nitrogens with two attached hydrogens (primary N) is 2. The monoisotopic (exact) mass is 469 g/mol. The van der Waals surface area contributed by atoms with Gasteiger partial charge in [0, 0.05) is 30.8 Å². The van der Waals surface area contributed by atoms with Crippen LogP contribution in [0, 0.1) is 0 Å². The highest BCUT2D eigenvalue weighted by atomic mass is 16.4. The lowest BCUT2D eigenvalue weighted by molar-refractivity contribution is -0.139. The molecule has 1 aromatic heterocycles. The van der Waals surface area contributed by atoms with Crippen LogP contribution in [0.1, 0.15) is 34.6 Å². The summed E-state index contributed by atoms with van der Waals surface area (Å²) in [5.41, 5.74) is 13.4. The average molecular weight is 470 g/mol. The zero-order chi connectivity index (χ0) is 24.5. The third-order valence-electron chi connectivity index (χ3n) is 4.89. The van der Waals surface area contributed by atoms with Crippen molar-refractivity contribution in [1.82, 2.24) is 20.6 Å². The maximum absolute atomic E-state index is 12.5. The van der Waals surface area contributed by atoms with Crippen molar-refractivity contribution in [2.75, 3.05) is 23.7 Å². The number of guanidine groups is 1. The molecule has 2 aromatic rings. The van der Waals surface area contributed by atoms with Crippen LogP contribution in [-0.2, 0) is 22.7 Å². The van der Waals surface area contributed by atoms with E-state index < -0.39 is 17.9 Å². The lowest BCUT2D eigenvalue weighted by Gasteiger charge is -2.15. The molecule has 1 unspecified atom stereocenters. The van der Waals surface area contributed by atoms with E-state index in [0.29, 0.717) is 54.9 Å². The number of hydrogen-bond donors (Lipinski definition) is 7. The minimum atomic E-state index is -1.21. The number of aliphatic imine (C=N–C) groups is 1. The van der Waals surface area contributed by atoms with Crippen molar-refractivity contribution in [3.05, 3.63) is 47.4 Å². The molecule has 13 heteroatoms. The number of aliphatic carboxylic acids is 1. The van der Waals surface area contributed by atoms with Gasteiger partial charge >= 0.3 is 5.97 Å². The molecule has 0 radical (unpaired) electrons. The Kier molecular flexibility index (Phi) is 8.29. The van der Waals surface area contributed by atoms with E-state index in [4.69, 9.17) is 11.5 Å². The van der Waals surface area contributed by atoms with Gasteiger partial charge in [0.1, 0.15) is 11.7 Å². The number of hydrogen-bond acceptors (Lipinski definition) is 10. The summed E-state index contributed by atoms with van der Waals surface area (Å²) in [4.78, 5) is 48.5. The molecule has 0 bridgehead atoms. The van der Waals surface area contributed by atoms with E-state index in [-0.39, 0.29) is 18.7 Å². The summed E-state index contributed by atoms with van der Waals surface area (Å²) in [5.74, 6) is -1.19. The molecule has 180 valence electrons. The molecule has 9 N–H and O–H groups in total. The first kappa shape index (κ1) is 24.4. The van der Waals surface area contributed by atoms with E-state index in [1.807, 2.05) is 0 Å². The predicted molar refractivity (Wildman–Crippen MR) is 125 cm³/mol. The first-order valence-corrected chi connectivity index (χ1v) is 10.6. The normalized spacial score (nSPS) is 13.0. The van der Waals surface area contributed by atoms with Crippen molar-refractivity contribution < 1.29 is 19.5 Å². The summed E-state index contributed by atoms with van der Waals surface area (Å²) in [6.07, 6.45) is 1.55. The van der Waals surface area contributed by atoms with Gasteiger partial charge in [-0.25, -0.2) is 19.8 Å². The number of rotatable bonds is 11. The van der Waals surface area contributed by atoms with Gasteiger partial charge in [0.05, 0.1) is 25.0 Å². The lowest BCUT2D eigenvalue weighted by Crippen LogP contribution is -2.41. The number of fused-ring (bicyclic) bond motifs is 1. The highest BCUT2D eigenvalue weighted by molar-refractivity contribution is 5.97. The standard InChI is InChI=1S/C21H27N9O4/c22-7-8-24-17(31)6-5-15(20(33)34)29-19(32)12-1-3-13(4-2-12)25-9-14-10-26-18-16(28-14)11-27-21(23)30-18/h1-4,10,15,25H,5-9,11,22H2,(H,24,31)(H,29,32)(H,33,34)(H3,23,26,27,30). The Hall–Kier alpha value is -4.26. The molecule has 34 heavy (non-hydrogen) atoms. The Morgan fingerprint density at radius 2 is 1.97 bits per heavy atom. The first-order chi connectivity index (χ1) is 16.4. The summed E-state index contributed by atoms with van der Waals surface area (Å²) in [7, 11) is 0. The molecule has 2 amide bonds. The average Bonchev–Trinajstić information content (AvgIpc) is 2.83. The predicted octanol–water partition coefficient (Wildman–Crippen LogP) is -0.633. The summed E-state index contributed by atoms with van der Waals surface area (Å²) < 4.78 is 0. The van der Waals surface area contributed by atoms with E-state index in [1.54, 1.807) is 30.5 Å². The summed E-state index contributed by atoms with van der Waals surface area (Å²) in [6.45, 7) is 1.36. The Balaban J connectivity index is 1.51.